The van der Waals surface area contributed by atoms with Crippen LogP contribution in [-0.2, 0) is 4.79 Å². The summed E-state index contributed by atoms with van der Waals surface area (Å²) in [5.74, 6) is 3.46. The molecule has 1 aliphatic rings. The second-order valence-corrected chi connectivity index (χ2v) is 6.46. The Labute approximate surface area is 104 Å². The molecule has 0 aliphatic heterocycles. The maximum atomic E-state index is 11.6. The fourth-order valence-corrected chi connectivity index (χ4v) is 2.92. The molecule has 0 saturated heterocycles. The Bertz CT molecular complexity index is 210. The molecule has 1 amide bonds. The first-order valence-electron chi connectivity index (χ1n) is 6.45. The minimum atomic E-state index is 0.227. The summed E-state index contributed by atoms with van der Waals surface area (Å²) in [4.78, 5) is 11.6. The molecule has 0 atom stereocenters. The van der Waals surface area contributed by atoms with Crippen LogP contribution in [-0.4, -0.2) is 23.5 Å². The van der Waals surface area contributed by atoms with Crippen molar-refractivity contribution in [1.29, 1.82) is 0 Å². The molecule has 0 spiro atoms. The number of hydrogen-bond donors (Lipinski definition) is 1. The van der Waals surface area contributed by atoms with Crippen molar-refractivity contribution in [3.8, 4) is 0 Å². The van der Waals surface area contributed by atoms with E-state index in [9.17, 15) is 4.79 Å². The van der Waals surface area contributed by atoms with E-state index in [0.29, 0.717) is 17.7 Å². The molecule has 0 heterocycles. The lowest BCUT2D eigenvalue weighted by atomic mass is 9.87. The van der Waals surface area contributed by atoms with Crippen LogP contribution in [0, 0.1) is 11.8 Å². The second kappa shape index (κ2) is 7.21. The van der Waals surface area contributed by atoms with Gasteiger partial charge in [-0.15, -0.1) is 0 Å². The minimum Gasteiger partial charge on any atom is -0.353 e. The van der Waals surface area contributed by atoms with Crippen molar-refractivity contribution in [1.82, 2.24) is 5.32 Å². The Kier molecular flexibility index (Phi) is 6.25. The molecular formula is C13H25NOS. The number of nitrogens with one attached hydrogen (secondary N) is 1. The molecule has 0 unspecified atom stereocenters. The van der Waals surface area contributed by atoms with Gasteiger partial charge in [-0.2, -0.15) is 11.8 Å². The molecule has 16 heavy (non-hydrogen) atoms. The van der Waals surface area contributed by atoms with Gasteiger partial charge in [0.25, 0.3) is 0 Å². The standard InChI is InChI=1S/C13H25NOS/c1-10(2)8-16-9-13(15)14-12-6-4-11(3)5-7-12/h10-12H,4-9H2,1-3H3,(H,14,15). The number of hydrogen-bond acceptors (Lipinski definition) is 2. The van der Waals surface area contributed by atoms with E-state index in [1.165, 1.54) is 25.7 Å². The van der Waals surface area contributed by atoms with E-state index in [-0.39, 0.29) is 5.91 Å². The Hall–Kier alpha value is -0.180. The number of carbonyl (C=O) groups is 1. The number of carbonyl (C=O) groups excluding carboxylic acids is 1. The highest BCUT2D eigenvalue weighted by Gasteiger charge is 2.19. The summed E-state index contributed by atoms with van der Waals surface area (Å²) in [6, 6.07) is 0.448. The first-order chi connectivity index (χ1) is 7.58. The number of amides is 1. The summed E-state index contributed by atoms with van der Waals surface area (Å²) >= 11 is 1.75. The quantitative estimate of drug-likeness (QED) is 0.804. The van der Waals surface area contributed by atoms with Gasteiger partial charge in [-0.05, 0) is 43.3 Å². The molecule has 1 N–H and O–H groups in total. The third-order valence-corrected chi connectivity index (χ3v) is 4.43. The highest BCUT2D eigenvalue weighted by atomic mass is 32.2. The molecule has 0 radical (unpaired) electrons. The van der Waals surface area contributed by atoms with E-state index in [1.54, 1.807) is 11.8 Å². The molecule has 0 aromatic heterocycles. The van der Waals surface area contributed by atoms with Crippen molar-refractivity contribution in [3.05, 3.63) is 0 Å². The van der Waals surface area contributed by atoms with E-state index in [2.05, 4.69) is 26.1 Å². The summed E-state index contributed by atoms with van der Waals surface area (Å²) in [6.07, 6.45) is 4.87. The Morgan fingerprint density at radius 1 is 1.31 bits per heavy atom. The highest BCUT2D eigenvalue weighted by molar-refractivity contribution is 7.99. The van der Waals surface area contributed by atoms with Crippen LogP contribution >= 0.6 is 11.8 Å². The average Bonchev–Trinajstić information content (AvgIpc) is 2.21. The van der Waals surface area contributed by atoms with Gasteiger partial charge >= 0.3 is 0 Å². The SMILES string of the molecule is CC(C)CSCC(=O)NC1CCC(C)CC1. The first kappa shape index (κ1) is 13.9. The maximum Gasteiger partial charge on any atom is 0.230 e. The molecule has 3 heteroatoms. The molecule has 1 saturated carbocycles. The largest absolute Gasteiger partial charge is 0.353 e. The van der Waals surface area contributed by atoms with Gasteiger partial charge in [0.2, 0.25) is 5.91 Å². The van der Waals surface area contributed by atoms with Crippen LogP contribution in [0.3, 0.4) is 0 Å². The van der Waals surface area contributed by atoms with E-state index in [0.717, 1.165) is 11.7 Å². The van der Waals surface area contributed by atoms with Crippen LogP contribution in [0.4, 0.5) is 0 Å². The van der Waals surface area contributed by atoms with Gasteiger partial charge in [0, 0.05) is 6.04 Å². The molecule has 1 rings (SSSR count). The van der Waals surface area contributed by atoms with E-state index in [4.69, 9.17) is 0 Å². The molecule has 1 fully saturated rings. The zero-order valence-electron chi connectivity index (χ0n) is 10.8. The summed E-state index contributed by atoms with van der Waals surface area (Å²) in [7, 11) is 0. The lowest BCUT2D eigenvalue weighted by Crippen LogP contribution is -2.38. The minimum absolute atomic E-state index is 0.227. The molecular weight excluding hydrogens is 218 g/mol. The van der Waals surface area contributed by atoms with Crippen LogP contribution in [0.2, 0.25) is 0 Å². The van der Waals surface area contributed by atoms with Crippen molar-refractivity contribution < 1.29 is 4.79 Å². The second-order valence-electron chi connectivity index (χ2n) is 5.43. The summed E-state index contributed by atoms with van der Waals surface area (Å²) < 4.78 is 0. The fourth-order valence-electron chi connectivity index (χ4n) is 2.06. The smallest absolute Gasteiger partial charge is 0.230 e. The maximum absolute atomic E-state index is 11.6. The molecule has 1 aliphatic carbocycles. The third-order valence-electron chi connectivity index (χ3n) is 3.07. The summed E-state index contributed by atoms with van der Waals surface area (Å²) in [5, 5.41) is 3.15. The molecule has 2 nitrogen and oxygen atoms in total. The van der Waals surface area contributed by atoms with Crippen molar-refractivity contribution in [2.24, 2.45) is 11.8 Å². The molecule has 0 aromatic carbocycles. The lowest BCUT2D eigenvalue weighted by molar-refractivity contribution is -0.119. The topological polar surface area (TPSA) is 29.1 Å². The van der Waals surface area contributed by atoms with E-state index < -0.39 is 0 Å². The fraction of sp³-hybridized carbons (Fsp3) is 0.923. The van der Waals surface area contributed by atoms with Gasteiger partial charge in [0.05, 0.1) is 5.75 Å². The van der Waals surface area contributed by atoms with Crippen LogP contribution in [0.1, 0.15) is 46.5 Å². The van der Waals surface area contributed by atoms with Crippen LogP contribution in [0.25, 0.3) is 0 Å². The predicted molar refractivity (Wildman–Crippen MR) is 71.7 cm³/mol. The zero-order chi connectivity index (χ0) is 12.0. The van der Waals surface area contributed by atoms with Crippen molar-refractivity contribution in [2.45, 2.75) is 52.5 Å². The first-order valence-corrected chi connectivity index (χ1v) is 7.60. The van der Waals surface area contributed by atoms with Crippen molar-refractivity contribution >= 4 is 17.7 Å². The van der Waals surface area contributed by atoms with E-state index in [1.807, 2.05) is 0 Å². The van der Waals surface area contributed by atoms with Gasteiger partial charge in [-0.3, -0.25) is 4.79 Å². The van der Waals surface area contributed by atoms with Crippen LogP contribution in [0.5, 0.6) is 0 Å². The predicted octanol–water partition coefficient (Wildman–Crippen LogP) is 3.07. The molecule has 0 bridgehead atoms. The molecule has 0 aromatic rings. The van der Waals surface area contributed by atoms with E-state index >= 15 is 0 Å². The normalized spacial score (nSPS) is 25.8. The van der Waals surface area contributed by atoms with Crippen molar-refractivity contribution in [2.75, 3.05) is 11.5 Å². The monoisotopic (exact) mass is 243 g/mol. The Morgan fingerprint density at radius 2 is 1.94 bits per heavy atom. The van der Waals surface area contributed by atoms with Gasteiger partial charge in [0.1, 0.15) is 0 Å². The summed E-state index contributed by atoms with van der Waals surface area (Å²) in [6.45, 7) is 6.68. The van der Waals surface area contributed by atoms with Crippen LogP contribution in [0.15, 0.2) is 0 Å². The van der Waals surface area contributed by atoms with Gasteiger partial charge in [0.15, 0.2) is 0 Å². The Balaban J connectivity index is 2.09. The summed E-state index contributed by atoms with van der Waals surface area (Å²) in [5.41, 5.74) is 0. The highest BCUT2D eigenvalue weighted by Crippen LogP contribution is 2.23. The number of thioether (sulfide) groups is 1. The molecule has 94 valence electrons. The van der Waals surface area contributed by atoms with Crippen molar-refractivity contribution in [3.63, 3.8) is 0 Å². The zero-order valence-corrected chi connectivity index (χ0v) is 11.6. The van der Waals surface area contributed by atoms with Crippen LogP contribution < -0.4 is 5.32 Å². The lowest BCUT2D eigenvalue weighted by Gasteiger charge is -2.26. The average molecular weight is 243 g/mol. The van der Waals surface area contributed by atoms with Gasteiger partial charge < -0.3 is 5.32 Å². The number of rotatable bonds is 5. The third kappa shape index (κ3) is 5.78. The van der Waals surface area contributed by atoms with Gasteiger partial charge in [-0.25, -0.2) is 0 Å². The van der Waals surface area contributed by atoms with Gasteiger partial charge in [-0.1, -0.05) is 20.8 Å². The Morgan fingerprint density at radius 3 is 2.50 bits per heavy atom.